The summed E-state index contributed by atoms with van der Waals surface area (Å²) in [5.74, 6) is -1.24. The molecule has 0 spiro atoms. The van der Waals surface area contributed by atoms with E-state index < -0.39 is 11.8 Å². The molecular formula is C19H19BrFN5O3. The molecular weight excluding hydrogens is 445 g/mol. The number of piperazine rings is 1. The highest BCUT2D eigenvalue weighted by Gasteiger charge is 2.26. The number of ether oxygens (including phenoxy) is 1. The van der Waals surface area contributed by atoms with Gasteiger partial charge in [-0.25, -0.2) is 9.18 Å². The Kier molecular flexibility index (Phi) is 5.79. The third-order valence-corrected chi connectivity index (χ3v) is 5.47. The number of anilines is 2. The highest BCUT2D eigenvalue weighted by atomic mass is 79.9. The van der Waals surface area contributed by atoms with Crippen molar-refractivity contribution in [3.63, 3.8) is 0 Å². The molecule has 10 heteroatoms. The van der Waals surface area contributed by atoms with Crippen LogP contribution < -0.4 is 10.6 Å². The first-order chi connectivity index (χ1) is 13.8. The third-order valence-electron chi connectivity index (χ3n) is 4.86. The quantitative estimate of drug-likeness (QED) is 0.700. The van der Waals surface area contributed by atoms with Crippen LogP contribution in [0.2, 0.25) is 0 Å². The van der Waals surface area contributed by atoms with Crippen LogP contribution in [0, 0.1) is 17.1 Å². The third kappa shape index (κ3) is 3.78. The summed E-state index contributed by atoms with van der Waals surface area (Å²) in [6.45, 7) is 3.52. The smallest absolute Gasteiger partial charge is 0.357 e. The molecule has 0 bridgehead atoms. The van der Waals surface area contributed by atoms with Crippen LogP contribution in [0.4, 0.5) is 15.8 Å². The number of halogens is 2. The second-order valence-electron chi connectivity index (χ2n) is 6.53. The van der Waals surface area contributed by atoms with Crippen LogP contribution in [-0.2, 0) is 9.53 Å². The Bertz CT molecular complexity index is 999. The summed E-state index contributed by atoms with van der Waals surface area (Å²) in [5, 5.41) is 9.23. The van der Waals surface area contributed by atoms with Crippen molar-refractivity contribution in [2.75, 3.05) is 43.9 Å². The molecule has 1 fully saturated rings. The highest BCUT2D eigenvalue weighted by molar-refractivity contribution is 9.10. The lowest BCUT2D eigenvalue weighted by molar-refractivity contribution is -0.129. The Labute approximate surface area is 175 Å². The molecule has 3 rings (SSSR count). The van der Waals surface area contributed by atoms with Crippen LogP contribution in [0.15, 0.2) is 22.8 Å². The van der Waals surface area contributed by atoms with E-state index in [-0.39, 0.29) is 22.9 Å². The number of carbonyl (C=O) groups excluding carboxylic acids is 2. The molecule has 1 saturated heterocycles. The highest BCUT2D eigenvalue weighted by Crippen LogP contribution is 2.34. The predicted molar refractivity (Wildman–Crippen MR) is 108 cm³/mol. The van der Waals surface area contributed by atoms with Crippen LogP contribution in [-0.4, -0.2) is 54.6 Å². The number of hydrogen-bond donors (Lipinski definition) is 1. The molecule has 152 valence electrons. The molecule has 0 unspecified atom stereocenters. The number of amides is 1. The average molecular weight is 464 g/mol. The Morgan fingerprint density at radius 1 is 1.28 bits per heavy atom. The molecule has 29 heavy (non-hydrogen) atoms. The summed E-state index contributed by atoms with van der Waals surface area (Å²) in [6, 6.07) is 4.82. The van der Waals surface area contributed by atoms with Gasteiger partial charge in [-0.3, -0.25) is 4.79 Å². The van der Waals surface area contributed by atoms with Crippen molar-refractivity contribution in [3.05, 3.63) is 39.9 Å². The first kappa shape index (κ1) is 20.7. The first-order valence-electron chi connectivity index (χ1n) is 8.77. The van der Waals surface area contributed by atoms with E-state index in [2.05, 4.69) is 15.9 Å². The number of hydrogen-bond acceptors (Lipinski definition) is 6. The summed E-state index contributed by atoms with van der Waals surface area (Å²) >= 11 is 3.41. The van der Waals surface area contributed by atoms with Gasteiger partial charge in [-0.2, -0.15) is 5.26 Å². The van der Waals surface area contributed by atoms with Gasteiger partial charge in [0.1, 0.15) is 11.9 Å². The molecule has 8 nitrogen and oxygen atoms in total. The van der Waals surface area contributed by atoms with Gasteiger partial charge in [0.25, 0.3) is 0 Å². The molecule has 0 radical (unpaired) electrons. The molecule has 2 N–H and O–H groups in total. The van der Waals surface area contributed by atoms with Crippen LogP contribution in [0.25, 0.3) is 5.69 Å². The van der Waals surface area contributed by atoms with E-state index in [1.54, 1.807) is 11.0 Å². The molecule has 1 aliphatic heterocycles. The molecule has 1 aliphatic rings. The van der Waals surface area contributed by atoms with Gasteiger partial charge in [0.2, 0.25) is 5.91 Å². The number of nitriles is 1. The van der Waals surface area contributed by atoms with Crippen molar-refractivity contribution in [1.82, 2.24) is 9.47 Å². The van der Waals surface area contributed by atoms with Gasteiger partial charge in [-0.1, -0.05) is 0 Å². The zero-order valence-electron chi connectivity index (χ0n) is 15.9. The van der Waals surface area contributed by atoms with Gasteiger partial charge in [0.15, 0.2) is 5.69 Å². The normalized spacial score (nSPS) is 13.9. The molecule has 0 saturated carbocycles. The van der Waals surface area contributed by atoms with Crippen molar-refractivity contribution < 1.29 is 18.7 Å². The maximum absolute atomic E-state index is 15.1. The van der Waals surface area contributed by atoms with Crippen LogP contribution in [0.5, 0.6) is 0 Å². The van der Waals surface area contributed by atoms with E-state index in [9.17, 15) is 14.9 Å². The van der Waals surface area contributed by atoms with E-state index in [0.29, 0.717) is 42.0 Å². The zero-order valence-corrected chi connectivity index (χ0v) is 17.5. The number of aromatic nitrogens is 1. The Balaban J connectivity index is 2.00. The van der Waals surface area contributed by atoms with Crippen LogP contribution in [0.1, 0.15) is 23.0 Å². The molecule has 1 aromatic carbocycles. The van der Waals surface area contributed by atoms with Crippen molar-refractivity contribution in [3.8, 4) is 11.8 Å². The molecule has 0 atom stereocenters. The summed E-state index contributed by atoms with van der Waals surface area (Å²) in [4.78, 5) is 27.2. The second kappa shape index (κ2) is 8.13. The SMILES string of the molecule is COC(=O)c1c(N)c(C#N)cn1-c1cc(F)c(N2CCN(C(C)=O)CC2)c(Br)c1. The minimum absolute atomic E-state index is 0.00614. The largest absolute Gasteiger partial charge is 0.464 e. The summed E-state index contributed by atoms with van der Waals surface area (Å²) < 4.78 is 21.6. The van der Waals surface area contributed by atoms with Crippen molar-refractivity contribution in [2.45, 2.75) is 6.92 Å². The van der Waals surface area contributed by atoms with Crippen molar-refractivity contribution >= 4 is 39.2 Å². The van der Waals surface area contributed by atoms with Gasteiger partial charge in [-0.15, -0.1) is 0 Å². The average Bonchev–Trinajstić information content (AvgIpc) is 3.03. The van der Waals surface area contributed by atoms with E-state index in [1.165, 1.54) is 30.9 Å². The van der Waals surface area contributed by atoms with E-state index in [0.717, 1.165) is 0 Å². The Hall–Kier alpha value is -3.06. The van der Waals surface area contributed by atoms with Crippen LogP contribution >= 0.6 is 15.9 Å². The fourth-order valence-corrected chi connectivity index (χ4v) is 4.03. The Morgan fingerprint density at radius 3 is 2.45 bits per heavy atom. The zero-order chi connectivity index (χ0) is 21.3. The number of benzene rings is 1. The van der Waals surface area contributed by atoms with Gasteiger partial charge in [0.05, 0.1) is 29.7 Å². The minimum Gasteiger partial charge on any atom is -0.464 e. The number of nitrogen functional groups attached to an aromatic ring is 1. The number of methoxy groups -OCH3 is 1. The fraction of sp³-hybridized carbons (Fsp3) is 0.316. The predicted octanol–water partition coefficient (Wildman–Crippen LogP) is 2.29. The molecule has 2 aromatic rings. The van der Waals surface area contributed by atoms with Gasteiger partial charge < -0.3 is 24.8 Å². The topological polar surface area (TPSA) is 105 Å². The van der Waals surface area contributed by atoms with Gasteiger partial charge >= 0.3 is 5.97 Å². The monoisotopic (exact) mass is 463 g/mol. The summed E-state index contributed by atoms with van der Waals surface area (Å²) in [5.41, 5.74) is 6.60. The standard InChI is InChI=1S/C19H19BrFN5O3/c1-11(27)24-3-5-25(6-4-24)17-14(20)7-13(8-15(17)21)26-10-12(9-22)16(23)18(26)19(28)29-2/h7-8,10H,3-6,23H2,1-2H3. The first-order valence-corrected chi connectivity index (χ1v) is 9.56. The maximum atomic E-state index is 15.1. The molecule has 1 aromatic heterocycles. The van der Waals surface area contributed by atoms with E-state index in [4.69, 9.17) is 10.5 Å². The number of rotatable bonds is 3. The van der Waals surface area contributed by atoms with Crippen molar-refractivity contribution in [1.29, 1.82) is 5.26 Å². The second-order valence-corrected chi connectivity index (χ2v) is 7.38. The Morgan fingerprint density at radius 2 is 1.93 bits per heavy atom. The number of esters is 1. The number of nitrogens with zero attached hydrogens (tertiary/aromatic N) is 4. The summed E-state index contributed by atoms with van der Waals surface area (Å²) in [7, 11) is 1.20. The van der Waals surface area contributed by atoms with E-state index in [1.807, 2.05) is 11.0 Å². The molecule has 2 heterocycles. The van der Waals surface area contributed by atoms with Gasteiger partial charge in [-0.05, 0) is 22.0 Å². The number of carbonyl (C=O) groups is 2. The lowest BCUT2D eigenvalue weighted by atomic mass is 10.2. The maximum Gasteiger partial charge on any atom is 0.357 e. The minimum atomic E-state index is -0.732. The van der Waals surface area contributed by atoms with Crippen molar-refractivity contribution in [2.24, 2.45) is 0 Å². The number of nitrogens with two attached hydrogens (primary N) is 1. The van der Waals surface area contributed by atoms with E-state index >= 15 is 4.39 Å². The molecule has 0 aliphatic carbocycles. The molecule has 1 amide bonds. The lowest BCUT2D eigenvalue weighted by Gasteiger charge is -2.36. The van der Waals surface area contributed by atoms with Crippen LogP contribution in [0.3, 0.4) is 0 Å². The van der Waals surface area contributed by atoms with Gasteiger partial charge in [0, 0.05) is 49.8 Å². The summed E-state index contributed by atoms with van der Waals surface area (Å²) in [6.07, 6.45) is 1.37. The fourth-order valence-electron chi connectivity index (χ4n) is 3.36. The lowest BCUT2D eigenvalue weighted by Crippen LogP contribution is -2.48.